The maximum Gasteiger partial charge on any atom is 0.320 e. The van der Waals surface area contributed by atoms with Crippen LogP contribution in [0.2, 0.25) is 0 Å². The molecule has 3 atom stereocenters. The second kappa shape index (κ2) is 8.95. The Morgan fingerprint density at radius 3 is 1.41 bits per heavy atom. The maximum absolute atomic E-state index is 10.2. The molecule has 0 aliphatic rings. The summed E-state index contributed by atoms with van der Waals surface area (Å²) in [7, 11) is 0. The summed E-state index contributed by atoms with van der Waals surface area (Å²) >= 11 is 0. The molecule has 6 N–H and O–H groups in total. The van der Waals surface area contributed by atoms with Crippen molar-refractivity contribution in [2.45, 2.75) is 46.2 Å². The molecular formula is C11H24N2O4. The van der Waals surface area contributed by atoms with Crippen LogP contribution in [0.25, 0.3) is 0 Å². The summed E-state index contributed by atoms with van der Waals surface area (Å²) in [5.41, 5.74) is 10.4. The van der Waals surface area contributed by atoms with Gasteiger partial charge in [0.1, 0.15) is 12.1 Å². The molecule has 0 fully saturated rings. The number of carboxylic acid groups (broad SMARTS) is 2. The van der Waals surface area contributed by atoms with Crippen LogP contribution in [0, 0.1) is 11.8 Å². The van der Waals surface area contributed by atoms with Gasteiger partial charge in [0.25, 0.3) is 0 Å². The Balaban J connectivity index is 0. The van der Waals surface area contributed by atoms with Gasteiger partial charge in [0.15, 0.2) is 0 Å². The summed E-state index contributed by atoms with van der Waals surface area (Å²) in [6.07, 6.45) is 0.813. The second-order valence-electron chi connectivity index (χ2n) is 4.36. The highest BCUT2D eigenvalue weighted by molar-refractivity contribution is 5.73. The number of carbonyl (C=O) groups is 2. The number of rotatable bonds is 5. The molecule has 6 nitrogen and oxygen atoms in total. The van der Waals surface area contributed by atoms with E-state index in [1.807, 2.05) is 13.8 Å². The minimum atomic E-state index is -0.931. The maximum atomic E-state index is 10.2. The quantitative estimate of drug-likeness (QED) is 0.561. The molecule has 102 valence electrons. The van der Waals surface area contributed by atoms with E-state index in [9.17, 15) is 9.59 Å². The molecular weight excluding hydrogens is 224 g/mol. The molecule has 0 saturated carbocycles. The Hall–Kier alpha value is -1.14. The summed E-state index contributed by atoms with van der Waals surface area (Å²) in [5.74, 6) is -1.75. The van der Waals surface area contributed by atoms with Crippen LogP contribution in [0.15, 0.2) is 0 Å². The van der Waals surface area contributed by atoms with Gasteiger partial charge in [-0.25, -0.2) is 0 Å². The van der Waals surface area contributed by atoms with Crippen molar-refractivity contribution in [3.8, 4) is 0 Å². The monoisotopic (exact) mass is 248 g/mol. The van der Waals surface area contributed by atoms with E-state index >= 15 is 0 Å². The third kappa shape index (κ3) is 8.65. The van der Waals surface area contributed by atoms with Crippen LogP contribution >= 0.6 is 0 Å². The molecule has 0 amide bonds. The number of hydrogen-bond donors (Lipinski definition) is 4. The predicted molar refractivity (Wildman–Crippen MR) is 65.5 cm³/mol. The Labute approximate surface area is 102 Å². The van der Waals surface area contributed by atoms with Crippen LogP contribution in [-0.2, 0) is 9.59 Å². The van der Waals surface area contributed by atoms with Crippen molar-refractivity contribution in [3.63, 3.8) is 0 Å². The van der Waals surface area contributed by atoms with Crippen LogP contribution in [0.3, 0.4) is 0 Å². The van der Waals surface area contributed by atoms with Crippen LogP contribution < -0.4 is 11.5 Å². The minimum absolute atomic E-state index is 0.0208. The van der Waals surface area contributed by atoms with Gasteiger partial charge in [-0.2, -0.15) is 0 Å². The van der Waals surface area contributed by atoms with Gasteiger partial charge in [-0.3, -0.25) is 9.59 Å². The van der Waals surface area contributed by atoms with E-state index < -0.39 is 24.0 Å². The molecule has 17 heavy (non-hydrogen) atoms. The highest BCUT2D eigenvalue weighted by Crippen LogP contribution is 2.04. The molecule has 0 radical (unpaired) electrons. The van der Waals surface area contributed by atoms with Gasteiger partial charge in [-0.05, 0) is 11.8 Å². The average molecular weight is 248 g/mol. The lowest BCUT2D eigenvalue weighted by molar-refractivity contribution is -0.140. The Kier molecular flexibility index (Phi) is 9.60. The van der Waals surface area contributed by atoms with Crippen molar-refractivity contribution in [3.05, 3.63) is 0 Å². The number of carboxylic acids is 2. The molecule has 0 bridgehead atoms. The lowest BCUT2D eigenvalue weighted by Gasteiger charge is -2.11. The summed E-state index contributed by atoms with van der Waals surface area (Å²) in [6, 6.07) is -1.41. The molecule has 6 heteroatoms. The van der Waals surface area contributed by atoms with Crippen LogP contribution in [-0.4, -0.2) is 34.2 Å². The lowest BCUT2D eigenvalue weighted by atomic mass is 10.0. The van der Waals surface area contributed by atoms with E-state index in [0.29, 0.717) is 0 Å². The molecule has 0 spiro atoms. The van der Waals surface area contributed by atoms with Crippen molar-refractivity contribution < 1.29 is 19.8 Å². The molecule has 0 aliphatic heterocycles. The molecule has 0 rings (SSSR count). The first-order valence-electron chi connectivity index (χ1n) is 5.61. The molecule has 0 aromatic rings. The summed E-state index contributed by atoms with van der Waals surface area (Å²) < 4.78 is 0. The van der Waals surface area contributed by atoms with E-state index in [2.05, 4.69) is 0 Å². The first-order valence-corrected chi connectivity index (χ1v) is 5.61. The molecule has 0 heterocycles. The normalized spacial score (nSPS) is 15.5. The number of nitrogens with two attached hydrogens (primary N) is 2. The van der Waals surface area contributed by atoms with Crippen molar-refractivity contribution in [1.82, 2.24) is 0 Å². The SMILES string of the molecule is CC(C)[C@H](N)C(=O)O.CC[C@H](C)[C@H](N)C(=O)O. The third-order valence-electron chi connectivity index (χ3n) is 2.55. The number of hydrogen-bond acceptors (Lipinski definition) is 4. The summed E-state index contributed by atoms with van der Waals surface area (Å²) in [4.78, 5) is 20.2. The zero-order valence-electron chi connectivity index (χ0n) is 10.9. The van der Waals surface area contributed by atoms with Gasteiger partial charge in [0.2, 0.25) is 0 Å². The lowest BCUT2D eigenvalue weighted by Crippen LogP contribution is -2.36. The summed E-state index contributed by atoms with van der Waals surface area (Å²) in [5, 5.41) is 16.6. The zero-order valence-corrected chi connectivity index (χ0v) is 10.9. The average Bonchev–Trinajstić information content (AvgIpc) is 2.26. The largest absolute Gasteiger partial charge is 0.480 e. The van der Waals surface area contributed by atoms with E-state index in [4.69, 9.17) is 21.7 Å². The van der Waals surface area contributed by atoms with Crippen molar-refractivity contribution >= 4 is 11.9 Å². The fourth-order valence-corrected chi connectivity index (χ4v) is 0.782. The van der Waals surface area contributed by atoms with Gasteiger partial charge in [0.05, 0.1) is 0 Å². The third-order valence-corrected chi connectivity index (χ3v) is 2.55. The summed E-state index contributed by atoms with van der Waals surface area (Å²) in [6.45, 7) is 7.31. The topological polar surface area (TPSA) is 127 Å². The molecule has 0 aromatic carbocycles. The smallest absolute Gasteiger partial charge is 0.320 e. The first-order chi connectivity index (χ1) is 7.64. The van der Waals surface area contributed by atoms with Crippen LogP contribution in [0.4, 0.5) is 0 Å². The second-order valence-corrected chi connectivity index (χ2v) is 4.36. The highest BCUT2D eigenvalue weighted by atomic mass is 16.4. The number of aliphatic carboxylic acids is 2. The van der Waals surface area contributed by atoms with E-state index in [1.54, 1.807) is 13.8 Å². The van der Waals surface area contributed by atoms with Crippen LogP contribution in [0.1, 0.15) is 34.1 Å². The Bertz CT molecular complexity index is 244. The van der Waals surface area contributed by atoms with Crippen LogP contribution in [0.5, 0.6) is 0 Å². The first kappa shape index (κ1) is 18.2. The van der Waals surface area contributed by atoms with Crippen molar-refractivity contribution in [1.29, 1.82) is 0 Å². The van der Waals surface area contributed by atoms with E-state index in [-0.39, 0.29) is 11.8 Å². The minimum Gasteiger partial charge on any atom is -0.480 e. The zero-order chi connectivity index (χ0) is 14.2. The fourth-order valence-electron chi connectivity index (χ4n) is 0.782. The van der Waals surface area contributed by atoms with Gasteiger partial charge in [-0.1, -0.05) is 34.1 Å². The molecule has 0 aromatic heterocycles. The van der Waals surface area contributed by atoms with Gasteiger partial charge >= 0.3 is 11.9 Å². The van der Waals surface area contributed by atoms with Gasteiger partial charge < -0.3 is 21.7 Å². The molecule has 0 aliphatic carbocycles. The standard InChI is InChI=1S/C6H13NO2.C5H11NO2/c1-3-4(2)5(7)6(8)9;1-3(2)4(6)5(7)8/h4-5H,3,7H2,1-2H3,(H,8,9);3-4H,6H2,1-2H3,(H,7,8)/t4-,5-;4-/m00/s1. The Morgan fingerprint density at radius 2 is 1.35 bits per heavy atom. The van der Waals surface area contributed by atoms with Crippen molar-refractivity contribution in [2.75, 3.05) is 0 Å². The van der Waals surface area contributed by atoms with Gasteiger partial charge in [-0.15, -0.1) is 0 Å². The Morgan fingerprint density at radius 1 is 1.00 bits per heavy atom. The van der Waals surface area contributed by atoms with E-state index in [1.165, 1.54) is 0 Å². The fraction of sp³-hybridized carbons (Fsp3) is 0.818. The predicted octanol–water partition coefficient (Wildman–Crippen LogP) is 0.499. The van der Waals surface area contributed by atoms with Gasteiger partial charge in [0, 0.05) is 0 Å². The van der Waals surface area contributed by atoms with Crippen molar-refractivity contribution in [2.24, 2.45) is 23.3 Å². The molecule has 0 saturated heterocycles. The van der Waals surface area contributed by atoms with E-state index in [0.717, 1.165) is 6.42 Å². The molecule has 0 unspecified atom stereocenters. The highest BCUT2D eigenvalue weighted by Gasteiger charge is 2.17.